The molecule has 0 unspecified atom stereocenters. The SMILES string of the molecule is CC[C@H](NC(=O)CNC(=O)Cc1cccc2ccccc12)c1ccc(C)cc1. The van der Waals surface area contributed by atoms with E-state index in [0.717, 1.165) is 28.3 Å². The van der Waals surface area contributed by atoms with E-state index in [1.54, 1.807) is 0 Å². The number of hydrogen-bond donors (Lipinski definition) is 2. The fourth-order valence-corrected chi connectivity index (χ4v) is 3.33. The summed E-state index contributed by atoms with van der Waals surface area (Å²) in [6.45, 7) is 4.05. The van der Waals surface area contributed by atoms with Crippen LogP contribution in [0.15, 0.2) is 66.7 Å². The third-order valence-corrected chi connectivity index (χ3v) is 4.90. The van der Waals surface area contributed by atoms with Gasteiger partial charge in [0.25, 0.3) is 0 Å². The molecular formula is C24H26N2O2. The summed E-state index contributed by atoms with van der Waals surface area (Å²) in [6.07, 6.45) is 1.04. The van der Waals surface area contributed by atoms with Crippen molar-refractivity contribution in [2.75, 3.05) is 6.54 Å². The lowest BCUT2D eigenvalue weighted by Crippen LogP contribution is -2.39. The molecule has 144 valence electrons. The first-order chi connectivity index (χ1) is 13.6. The number of fused-ring (bicyclic) bond motifs is 1. The molecule has 4 heteroatoms. The summed E-state index contributed by atoms with van der Waals surface area (Å²) in [5, 5.41) is 7.90. The number of amides is 2. The quantitative estimate of drug-likeness (QED) is 0.655. The van der Waals surface area contributed by atoms with Crippen molar-refractivity contribution in [3.05, 3.63) is 83.4 Å². The first-order valence-corrected chi connectivity index (χ1v) is 9.66. The largest absolute Gasteiger partial charge is 0.348 e. The second kappa shape index (κ2) is 9.18. The smallest absolute Gasteiger partial charge is 0.239 e. The standard InChI is InChI=1S/C24H26N2O2/c1-3-22(19-13-11-17(2)12-14-19)26-24(28)16-25-23(27)15-20-9-6-8-18-7-4-5-10-21(18)20/h4-14,22H,3,15-16H2,1-2H3,(H,25,27)(H,26,28)/t22-/m0/s1. The molecule has 3 aromatic carbocycles. The Bertz CT molecular complexity index is 959. The Morgan fingerprint density at radius 3 is 2.36 bits per heavy atom. The van der Waals surface area contributed by atoms with Gasteiger partial charge in [-0.05, 0) is 35.2 Å². The summed E-state index contributed by atoms with van der Waals surface area (Å²) in [5.74, 6) is -0.339. The number of hydrogen-bond acceptors (Lipinski definition) is 2. The second-order valence-electron chi connectivity index (χ2n) is 7.03. The molecule has 0 bridgehead atoms. The Labute approximate surface area is 166 Å². The molecule has 2 N–H and O–H groups in total. The highest BCUT2D eigenvalue weighted by atomic mass is 16.2. The van der Waals surface area contributed by atoms with Gasteiger partial charge in [0.05, 0.1) is 19.0 Å². The first kappa shape index (κ1) is 19.6. The van der Waals surface area contributed by atoms with Crippen LogP contribution in [0.25, 0.3) is 10.8 Å². The van der Waals surface area contributed by atoms with Gasteiger partial charge < -0.3 is 10.6 Å². The minimum Gasteiger partial charge on any atom is -0.348 e. The number of nitrogens with one attached hydrogen (secondary N) is 2. The van der Waals surface area contributed by atoms with Crippen molar-refractivity contribution in [3.8, 4) is 0 Å². The average Bonchev–Trinajstić information content (AvgIpc) is 2.71. The zero-order valence-corrected chi connectivity index (χ0v) is 16.4. The number of benzene rings is 3. The van der Waals surface area contributed by atoms with Crippen LogP contribution in [-0.2, 0) is 16.0 Å². The van der Waals surface area contributed by atoms with E-state index >= 15 is 0 Å². The van der Waals surface area contributed by atoms with E-state index in [2.05, 4.69) is 10.6 Å². The van der Waals surface area contributed by atoms with Gasteiger partial charge in [-0.1, -0.05) is 79.2 Å². The van der Waals surface area contributed by atoms with Gasteiger partial charge >= 0.3 is 0 Å². The van der Waals surface area contributed by atoms with Crippen LogP contribution in [-0.4, -0.2) is 18.4 Å². The monoisotopic (exact) mass is 374 g/mol. The third-order valence-electron chi connectivity index (χ3n) is 4.90. The van der Waals surface area contributed by atoms with Crippen molar-refractivity contribution in [2.24, 2.45) is 0 Å². The highest BCUT2D eigenvalue weighted by Crippen LogP contribution is 2.19. The van der Waals surface area contributed by atoms with Crippen molar-refractivity contribution in [2.45, 2.75) is 32.7 Å². The minimum absolute atomic E-state index is 0.0219. The topological polar surface area (TPSA) is 58.2 Å². The normalized spacial score (nSPS) is 11.8. The molecule has 0 aromatic heterocycles. The number of carbonyl (C=O) groups is 2. The van der Waals surface area contributed by atoms with Crippen molar-refractivity contribution in [3.63, 3.8) is 0 Å². The average molecular weight is 374 g/mol. The molecule has 0 aliphatic heterocycles. The van der Waals surface area contributed by atoms with Gasteiger partial charge in [-0.3, -0.25) is 9.59 Å². The third kappa shape index (κ3) is 4.97. The number of carbonyl (C=O) groups excluding carboxylic acids is 2. The zero-order valence-electron chi connectivity index (χ0n) is 16.4. The minimum atomic E-state index is -0.182. The van der Waals surface area contributed by atoms with E-state index in [9.17, 15) is 9.59 Å². The van der Waals surface area contributed by atoms with E-state index in [-0.39, 0.29) is 30.8 Å². The van der Waals surface area contributed by atoms with Gasteiger partial charge in [0.1, 0.15) is 0 Å². The fourth-order valence-electron chi connectivity index (χ4n) is 3.33. The summed E-state index contributed by atoms with van der Waals surface area (Å²) in [7, 11) is 0. The van der Waals surface area contributed by atoms with Crippen molar-refractivity contribution < 1.29 is 9.59 Å². The Kier molecular flexibility index (Phi) is 6.43. The zero-order chi connectivity index (χ0) is 19.9. The van der Waals surface area contributed by atoms with E-state index in [1.807, 2.05) is 80.6 Å². The highest BCUT2D eigenvalue weighted by molar-refractivity contribution is 5.91. The molecule has 0 aliphatic rings. The molecule has 2 amide bonds. The molecular weight excluding hydrogens is 348 g/mol. The van der Waals surface area contributed by atoms with Crippen molar-refractivity contribution in [1.29, 1.82) is 0 Å². The Balaban J connectivity index is 1.55. The maximum absolute atomic E-state index is 12.3. The molecule has 28 heavy (non-hydrogen) atoms. The van der Waals surface area contributed by atoms with E-state index < -0.39 is 0 Å². The summed E-state index contributed by atoms with van der Waals surface area (Å²) in [4.78, 5) is 24.6. The molecule has 0 spiro atoms. The summed E-state index contributed by atoms with van der Waals surface area (Å²) < 4.78 is 0. The predicted molar refractivity (Wildman–Crippen MR) is 113 cm³/mol. The lowest BCUT2D eigenvalue weighted by Gasteiger charge is -2.18. The van der Waals surface area contributed by atoms with Gasteiger partial charge in [-0.25, -0.2) is 0 Å². The van der Waals surface area contributed by atoms with E-state index in [4.69, 9.17) is 0 Å². The van der Waals surface area contributed by atoms with Crippen LogP contribution >= 0.6 is 0 Å². The van der Waals surface area contributed by atoms with E-state index in [0.29, 0.717) is 0 Å². The molecule has 0 fully saturated rings. The van der Waals surface area contributed by atoms with Crippen LogP contribution in [0.4, 0.5) is 0 Å². The predicted octanol–water partition coefficient (Wildman–Crippen LogP) is 4.07. The maximum atomic E-state index is 12.3. The molecule has 0 saturated heterocycles. The Hall–Kier alpha value is -3.14. The van der Waals surface area contributed by atoms with Crippen molar-refractivity contribution in [1.82, 2.24) is 10.6 Å². The van der Waals surface area contributed by atoms with Crippen LogP contribution in [0.5, 0.6) is 0 Å². The van der Waals surface area contributed by atoms with Gasteiger partial charge in [0, 0.05) is 0 Å². The molecule has 1 atom stereocenters. The van der Waals surface area contributed by atoms with Crippen LogP contribution in [0.2, 0.25) is 0 Å². The van der Waals surface area contributed by atoms with Gasteiger partial charge in [-0.15, -0.1) is 0 Å². The lowest BCUT2D eigenvalue weighted by molar-refractivity contribution is -0.126. The molecule has 0 heterocycles. The van der Waals surface area contributed by atoms with E-state index in [1.165, 1.54) is 5.56 Å². The molecule has 0 radical (unpaired) electrons. The summed E-state index contributed by atoms with van der Waals surface area (Å²) in [5.41, 5.74) is 3.22. The van der Waals surface area contributed by atoms with Gasteiger partial charge in [0.15, 0.2) is 0 Å². The lowest BCUT2D eigenvalue weighted by atomic mass is 10.0. The molecule has 4 nitrogen and oxygen atoms in total. The second-order valence-corrected chi connectivity index (χ2v) is 7.03. The van der Waals surface area contributed by atoms with Crippen LogP contribution in [0.3, 0.4) is 0 Å². The Morgan fingerprint density at radius 2 is 1.61 bits per heavy atom. The molecule has 3 aromatic rings. The van der Waals surface area contributed by atoms with Gasteiger partial charge in [-0.2, -0.15) is 0 Å². The van der Waals surface area contributed by atoms with Crippen LogP contribution in [0, 0.1) is 6.92 Å². The van der Waals surface area contributed by atoms with Crippen LogP contribution in [0.1, 0.15) is 36.1 Å². The Morgan fingerprint density at radius 1 is 0.893 bits per heavy atom. The molecule has 0 saturated carbocycles. The first-order valence-electron chi connectivity index (χ1n) is 9.66. The molecule has 0 aliphatic carbocycles. The highest BCUT2D eigenvalue weighted by Gasteiger charge is 2.14. The number of rotatable bonds is 7. The number of aryl methyl sites for hydroxylation is 1. The summed E-state index contributed by atoms with van der Waals surface area (Å²) >= 11 is 0. The molecule has 3 rings (SSSR count). The summed E-state index contributed by atoms with van der Waals surface area (Å²) in [6, 6.07) is 22.0. The maximum Gasteiger partial charge on any atom is 0.239 e. The van der Waals surface area contributed by atoms with Gasteiger partial charge in [0.2, 0.25) is 11.8 Å². The van der Waals surface area contributed by atoms with Crippen LogP contribution < -0.4 is 10.6 Å². The van der Waals surface area contributed by atoms with Crippen molar-refractivity contribution >= 4 is 22.6 Å². The fraction of sp³-hybridized carbons (Fsp3) is 0.250.